The Morgan fingerprint density at radius 2 is 1.87 bits per heavy atom. The van der Waals surface area contributed by atoms with Gasteiger partial charge in [-0.3, -0.25) is 9.69 Å². The van der Waals surface area contributed by atoms with Crippen molar-refractivity contribution in [3.63, 3.8) is 0 Å². The highest BCUT2D eigenvalue weighted by Gasteiger charge is 2.29. The van der Waals surface area contributed by atoms with Crippen molar-refractivity contribution >= 4 is 34.3 Å². The number of fused-ring (bicyclic) bond motifs is 3. The van der Waals surface area contributed by atoms with Crippen LogP contribution in [0.5, 0.6) is 5.75 Å². The van der Waals surface area contributed by atoms with Crippen LogP contribution in [0.1, 0.15) is 24.8 Å². The largest absolute Gasteiger partial charge is 0.491 e. The van der Waals surface area contributed by atoms with Gasteiger partial charge in [0.05, 0.1) is 24.7 Å². The zero-order valence-electron chi connectivity index (χ0n) is 21.3. The van der Waals surface area contributed by atoms with Gasteiger partial charge in [-0.1, -0.05) is 0 Å². The molecule has 0 spiro atoms. The van der Waals surface area contributed by atoms with Crippen molar-refractivity contribution in [2.45, 2.75) is 25.5 Å². The molecule has 2 aliphatic heterocycles. The number of benzene rings is 1. The lowest BCUT2D eigenvalue weighted by Gasteiger charge is -2.36. The molecule has 38 heavy (non-hydrogen) atoms. The molecule has 2 N–H and O–H groups in total. The van der Waals surface area contributed by atoms with Crippen LogP contribution in [0.2, 0.25) is 0 Å². The highest BCUT2D eigenvalue weighted by Crippen LogP contribution is 2.29. The van der Waals surface area contributed by atoms with Crippen LogP contribution in [-0.4, -0.2) is 93.3 Å². The molecule has 0 amide bonds. The molecule has 0 saturated carbocycles. The predicted molar refractivity (Wildman–Crippen MR) is 139 cm³/mol. The van der Waals surface area contributed by atoms with Crippen molar-refractivity contribution in [1.29, 1.82) is 0 Å². The van der Waals surface area contributed by atoms with Crippen molar-refractivity contribution in [2.24, 2.45) is 0 Å². The molecule has 200 valence electrons. The molecule has 13 nitrogen and oxygen atoms in total. The maximum atomic E-state index is 11.5. The van der Waals surface area contributed by atoms with Crippen LogP contribution in [-0.2, 0) is 20.8 Å². The third-order valence-electron chi connectivity index (χ3n) is 7.04. The van der Waals surface area contributed by atoms with Crippen LogP contribution in [0.15, 0.2) is 30.5 Å². The van der Waals surface area contributed by atoms with E-state index in [4.69, 9.17) is 19.9 Å². The highest BCUT2D eigenvalue weighted by atomic mass is 16.6. The van der Waals surface area contributed by atoms with Crippen LogP contribution >= 0.6 is 0 Å². The van der Waals surface area contributed by atoms with Crippen LogP contribution in [0.25, 0.3) is 16.7 Å². The summed E-state index contributed by atoms with van der Waals surface area (Å²) < 4.78 is 19.4. The summed E-state index contributed by atoms with van der Waals surface area (Å²) in [4.78, 5) is 25.5. The maximum absolute atomic E-state index is 11.5. The number of anilines is 2. The Bertz CT molecular complexity index is 1430. The molecule has 2 aliphatic rings. The number of piperazine rings is 1. The Balaban J connectivity index is 1.07. The van der Waals surface area contributed by atoms with E-state index < -0.39 is 6.10 Å². The third-order valence-corrected chi connectivity index (χ3v) is 7.04. The fourth-order valence-corrected chi connectivity index (χ4v) is 4.94. The van der Waals surface area contributed by atoms with Gasteiger partial charge >= 0.3 is 5.97 Å². The smallest absolute Gasteiger partial charge is 0.306 e. The van der Waals surface area contributed by atoms with Gasteiger partial charge in [-0.25, -0.2) is 9.67 Å². The quantitative estimate of drug-likeness (QED) is 0.252. The monoisotopic (exact) mass is 521 g/mol. The predicted octanol–water partition coefficient (Wildman–Crippen LogP) is 1.28. The number of hydrogen-bond donors (Lipinski definition) is 1. The molecule has 0 bridgehead atoms. The number of nitrogens with two attached hydrogens (primary N) is 1. The summed E-state index contributed by atoms with van der Waals surface area (Å²) in [5.41, 5.74) is 8.65. The van der Waals surface area contributed by atoms with Gasteiger partial charge in [0.1, 0.15) is 12.4 Å². The van der Waals surface area contributed by atoms with Gasteiger partial charge in [-0.05, 0) is 24.3 Å². The van der Waals surface area contributed by atoms with Crippen LogP contribution < -0.4 is 15.4 Å². The number of nitrogens with zero attached hydrogens (tertiary/aromatic N) is 8. The first kappa shape index (κ1) is 24.4. The van der Waals surface area contributed by atoms with Crippen molar-refractivity contribution in [3.05, 3.63) is 36.3 Å². The van der Waals surface area contributed by atoms with E-state index in [9.17, 15) is 4.79 Å². The number of rotatable bonds is 9. The summed E-state index contributed by atoms with van der Waals surface area (Å²) in [6, 6.07) is 8.23. The number of esters is 1. The Kier molecular flexibility index (Phi) is 6.68. The van der Waals surface area contributed by atoms with E-state index in [1.54, 1.807) is 13.3 Å². The lowest BCUT2D eigenvalue weighted by Crippen LogP contribution is -2.47. The average molecular weight is 522 g/mol. The van der Waals surface area contributed by atoms with E-state index in [0.717, 1.165) is 43.9 Å². The Hall–Kier alpha value is -3.97. The number of methoxy groups -OCH3 is 1. The molecule has 2 fully saturated rings. The minimum Gasteiger partial charge on any atom is -0.491 e. The number of ether oxygens (including phenoxy) is 3. The van der Waals surface area contributed by atoms with E-state index in [0.29, 0.717) is 49.7 Å². The molecule has 4 aromatic rings. The normalized spacial score (nSPS) is 18.5. The second-order valence-electron chi connectivity index (χ2n) is 9.46. The van der Waals surface area contributed by atoms with Crippen molar-refractivity contribution < 1.29 is 19.0 Å². The molecular weight excluding hydrogens is 490 g/mol. The number of carbonyl (C=O) groups excluding carboxylic acids is 1. The van der Waals surface area contributed by atoms with Crippen molar-refractivity contribution in [3.8, 4) is 5.75 Å². The van der Waals surface area contributed by atoms with Gasteiger partial charge in [0, 0.05) is 58.4 Å². The Morgan fingerprint density at radius 1 is 1.05 bits per heavy atom. The second kappa shape index (κ2) is 10.4. The summed E-state index contributed by atoms with van der Waals surface area (Å²) in [6.07, 6.45) is 2.23. The SMILES string of the molecule is COCCOc1ccc(N2CCN(CCn3ncc4c3nc(N)n3nc(C5CCC(=O)O5)nc43)CC2)cc1. The fraction of sp³-hybridized carbons (Fsp3) is 0.480. The standard InChI is InChI=1S/C25H31N9O4/c1-36-14-15-37-18-4-2-17(3-5-18)32-11-8-31(9-12-32)10-13-33-23-19(16-27-33)24-28-22(20-6-7-21(35)38-20)30-34(24)25(26)29-23/h2-5,16,20H,6-15H2,1H3,(H2,26,29). The number of cyclic esters (lactones) is 1. The molecular formula is C25H31N9O4. The molecule has 1 aromatic carbocycles. The number of hydrogen-bond acceptors (Lipinski definition) is 11. The summed E-state index contributed by atoms with van der Waals surface area (Å²) in [5.74, 6) is 1.28. The van der Waals surface area contributed by atoms with E-state index in [1.165, 1.54) is 10.2 Å². The van der Waals surface area contributed by atoms with E-state index >= 15 is 0 Å². The molecule has 13 heteroatoms. The summed E-state index contributed by atoms with van der Waals surface area (Å²) >= 11 is 0. The molecule has 1 unspecified atom stereocenters. The summed E-state index contributed by atoms with van der Waals surface area (Å²) in [5, 5.41) is 9.77. The first-order valence-corrected chi connectivity index (χ1v) is 12.9. The van der Waals surface area contributed by atoms with Gasteiger partial charge in [-0.2, -0.15) is 14.6 Å². The summed E-state index contributed by atoms with van der Waals surface area (Å²) in [6.45, 7) is 6.46. The highest BCUT2D eigenvalue weighted by molar-refractivity contribution is 5.89. The average Bonchev–Trinajstić information content (AvgIpc) is 3.67. The fourth-order valence-electron chi connectivity index (χ4n) is 4.94. The first-order valence-electron chi connectivity index (χ1n) is 12.9. The molecule has 6 rings (SSSR count). The molecule has 3 aromatic heterocycles. The van der Waals surface area contributed by atoms with Crippen molar-refractivity contribution in [1.82, 2.24) is 34.3 Å². The third kappa shape index (κ3) is 4.82. The molecule has 1 atom stereocenters. The van der Waals surface area contributed by atoms with Crippen molar-refractivity contribution in [2.75, 3.05) is 63.7 Å². The Morgan fingerprint density at radius 3 is 2.61 bits per heavy atom. The first-order chi connectivity index (χ1) is 18.6. The second-order valence-corrected chi connectivity index (χ2v) is 9.46. The van der Waals surface area contributed by atoms with Crippen LogP contribution in [0.4, 0.5) is 11.6 Å². The molecule has 5 heterocycles. The molecule has 0 aliphatic carbocycles. The summed E-state index contributed by atoms with van der Waals surface area (Å²) in [7, 11) is 1.67. The van der Waals surface area contributed by atoms with Crippen LogP contribution in [0.3, 0.4) is 0 Å². The van der Waals surface area contributed by atoms with Gasteiger partial charge in [-0.15, -0.1) is 5.10 Å². The lowest BCUT2D eigenvalue weighted by atomic mass is 10.2. The van der Waals surface area contributed by atoms with Gasteiger partial charge in [0.25, 0.3) is 0 Å². The lowest BCUT2D eigenvalue weighted by molar-refractivity contribution is -0.141. The zero-order valence-corrected chi connectivity index (χ0v) is 21.3. The van der Waals surface area contributed by atoms with E-state index in [1.807, 2.05) is 16.8 Å². The zero-order chi connectivity index (χ0) is 26.1. The molecule has 0 radical (unpaired) electrons. The minimum atomic E-state index is -0.447. The number of aromatic nitrogens is 6. The number of nitrogen functional groups attached to an aromatic ring is 1. The van der Waals surface area contributed by atoms with Crippen LogP contribution in [0, 0.1) is 0 Å². The van der Waals surface area contributed by atoms with E-state index in [2.05, 4.69) is 42.1 Å². The van der Waals surface area contributed by atoms with Gasteiger partial charge < -0.3 is 24.8 Å². The topological polar surface area (TPSA) is 138 Å². The Labute approximate surface area is 219 Å². The maximum Gasteiger partial charge on any atom is 0.306 e. The van der Waals surface area contributed by atoms with E-state index in [-0.39, 0.29) is 11.9 Å². The number of carbonyl (C=O) groups is 1. The molecule has 2 saturated heterocycles. The van der Waals surface area contributed by atoms with Gasteiger partial charge in [0.2, 0.25) is 5.95 Å². The van der Waals surface area contributed by atoms with Gasteiger partial charge in [0.15, 0.2) is 23.2 Å². The minimum absolute atomic E-state index is 0.223.